The number of benzene rings is 1. The van der Waals surface area contributed by atoms with Crippen LogP contribution < -0.4 is 5.32 Å². The molecule has 2 bridgehead atoms. The summed E-state index contributed by atoms with van der Waals surface area (Å²) < 4.78 is 1.59. The second-order valence-electron chi connectivity index (χ2n) is 6.29. The van der Waals surface area contributed by atoms with E-state index in [1.165, 1.54) is 0 Å². The summed E-state index contributed by atoms with van der Waals surface area (Å²) in [6, 6.07) is 8.98. The van der Waals surface area contributed by atoms with E-state index >= 15 is 0 Å². The quantitative estimate of drug-likeness (QED) is 0.895. The van der Waals surface area contributed by atoms with Crippen molar-refractivity contribution in [3.05, 3.63) is 41.0 Å². The zero-order valence-electron chi connectivity index (χ0n) is 13.5. The fourth-order valence-corrected chi connectivity index (χ4v) is 3.70. The molecule has 2 aromatic rings. The van der Waals surface area contributed by atoms with Crippen LogP contribution in [0.15, 0.2) is 30.5 Å². The van der Waals surface area contributed by atoms with Crippen LogP contribution in [0.4, 0.5) is 10.6 Å². The van der Waals surface area contributed by atoms with E-state index in [0.717, 1.165) is 32.6 Å². The van der Waals surface area contributed by atoms with E-state index in [0.29, 0.717) is 28.1 Å². The summed E-state index contributed by atoms with van der Waals surface area (Å²) in [7, 11) is 0. The standard InChI is InChI=1S/C17H17ClN6O/c18-14-9-12(10-19)1-2-15(14)24-6-4-16(21-24)20-17(25)23-8-7-22-5-3-13(23)11-22/h1-2,4,6,9,13H,3,5,7-8,11H2,(H,20,21,25). The molecule has 3 heterocycles. The maximum Gasteiger partial charge on any atom is 0.323 e. The molecule has 0 radical (unpaired) electrons. The SMILES string of the molecule is N#Cc1ccc(-n2ccc(NC(=O)N3CCN4CCC3C4)n2)c(Cl)c1. The molecule has 2 aliphatic heterocycles. The second kappa shape index (κ2) is 6.39. The van der Waals surface area contributed by atoms with Gasteiger partial charge in [-0.3, -0.25) is 10.2 Å². The number of nitrogens with one attached hydrogen (secondary N) is 1. The molecule has 1 aromatic heterocycles. The highest BCUT2D eigenvalue weighted by atomic mass is 35.5. The highest BCUT2D eigenvalue weighted by Crippen LogP contribution is 2.23. The van der Waals surface area contributed by atoms with Crippen LogP contribution in [0, 0.1) is 11.3 Å². The molecule has 2 saturated heterocycles. The zero-order valence-corrected chi connectivity index (χ0v) is 14.3. The lowest BCUT2D eigenvalue weighted by atomic mass is 10.2. The molecule has 2 aliphatic rings. The number of nitrogens with zero attached hydrogens (tertiary/aromatic N) is 5. The number of carbonyl (C=O) groups excluding carboxylic acids is 1. The normalized spacial score (nSPS) is 21.8. The van der Waals surface area contributed by atoms with Crippen LogP contribution in [-0.4, -0.2) is 57.8 Å². The fourth-order valence-electron chi connectivity index (χ4n) is 3.44. The van der Waals surface area contributed by atoms with Gasteiger partial charge in [-0.2, -0.15) is 5.26 Å². The first-order chi connectivity index (χ1) is 12.1. The number of carbonyl (C=O) groups is 1. The number of aromatic nitrogens is 2. The summed E-state index contributed by atoms with van der Waals surface area (Å²) >= 11 is 6.21. The smallest absolute Gasteiger partial charge is 0.319 e. The third-order valence-corrected chi connectivity index (χ3v) is 5.06. The Morgan fingerprint density at radius 3 is 3.00 bits per heavy atom. The number of hydrogen-bond acceptors (Lipinski definition) is 4. The lowest BCUT2D eigenvalue weighted by molar-refractivity contribution is 0.153. The van der Waals surface area contributed by atoms with Gasteiger partial charge in [0.25, 0.3) is 0 Å². The Kier molecular flexibility index (Phi) is 4.07. The van der Waals surface area contributed by atoms with Crippen LogP contribution in [0.5, 0.6) is 0 Å². The van der Waals surface area contributed by atoms with Crippen molar-refractivity contribution in [2.45, 2.75) is 12.5 Å². The number of fused-ring (bicyclic) bond motifs is 2. The van der Waals surface area contributed by atoms with Crippen molar-refractivity contribution in [2.75, 3.05) is 31.5 Å². The molecule has 25 heavy (non-hydrogen) atoms. The van der Waals surface area contributed by atoms with Gasteiger partial charge in [0.05, 0.1) is 22.3 Å². The molecule has 7 nitrogen and oxygen atoms in total. The lowest BCUT2D eigenvalue weighted by Crippen LogP contribution is -2.51. The summed E-state index contributed by atoms with van der Waals surface area (Å²) in [6.07, 6.45) is 2.76. The van der Waals surface area contributed by atoms with Crippen molar-refractivity contribution in [1.82, 2.24) is 19.6 Å². The highest BCUT2D eigenvalue weighted by molar-refractivity contribution is 6.32. The van der Waals surface area contributed by atoms with Gasteiger partial charge in [0.15, 0.2) is 5.82 Å². The molecule has 128 valence electrons. The predicted octanol–water partition coefficient (Wildman–Crippen LogP) is 2.32. The van der Waals surface area contributed by atoms with Crippen molar-refractivity contribution in [2.24, 2.45) is 0 Å². The number of piperazine rings is 1. The molecule has 2 unspecified atom stereocenters. The van der Waals surface area contributed by atoms with E-state index in [1.807, 2.05) is 11.0 Å². The number of rotatable bonds is 2. The maximum atomic E-state index is 12.5. The van der Waals surface area contributed by atoms with Gasteiger partial charge in [0.2, 0.25) is 0 Å². The van der Waals surface area contributed by atoms with Gasteiger partial charge in [-0.15, -0.1) is 5.10 Å². The summed E-state index contributed by atoms with van der Waals surface area (Å²) in [5, 5.41) is 16.6. The molecule has 4 rings (SSSR count). The van der Waals surface area contributed by atoms with Gasteiger partial charge in [0, 0.05) is 44.5 Å². The summed E-state index contributed by atoms with van der Waals surface area (Å²) in [6.45, 7) is 3.71. The van der Waals surface area contributed by atoms with Gasteiger partial charge in [-0.1, -0.05) is 11.6 Å². The highest BCUT2D eigenvalue weighted by Gasteiger charge is 2.35. The van der Waals surface area contributed by atoms with Crippen LogP contribution in [0.3, 0.4) is 0 Å². The predicted molar refractivity (Wildman–Crippen MR) is 93.9 cm³/mol. The van der Waals surface area contributed by atoms with Gasteiger partial charge < -0.3 is 4.90 Å². The Morgan fingerprint density at radius 1 is 1.32 bits per heavy atom. The van der Waals surface area contributed by atoms with E-state index < -0.39 is 0 Å². The average Bonchev–Trinajstić information content (AvgIpc) is 3.22. The Labute approximate surface area is 150 Å². The number of halogens is 1. The molecule has 0 saturated carbocycles. The minimum absolute atomic E-state index is 0.109. The van der Waals surface area contributed by atoms with E-state index in [-0.39, 0.29) is 6.03 Å². The maximum absolute atomic E-state index is 12.5. The molecule has 1 N–H and O–H groups in total. The fraction of sp³-hybridized carbons (Fsp3) is 0.353. The minimum atomic E-state index is -0.109. The molecular weight excluding hydrogens is 340 g/mol. The van der Waals surface area contributed by atoms with Gasteiger partial charge in [0.1, 0.15) is 0 Å². The lowest BCUT2D eigenvalue weighted by Gasteiger charge is -2.34. The van der Waals surface area contributed by atoms with Crippen LogP contribution in [0.1, 0.15) is 12.0 Å². The van der Waals surface area contributed by atoms with E-state index in [9.17, 15) is 4.79 Å². The largest absolute Gasteiger partial charge is 0.323 e. The Balaban J connectivity index is 1.48. The molecule has 0 spiro atoms. The molecule has 2 amide bonds. The van der Waals surface area contributed by atoms with Gasteiger partial charge in [-0.25, -0.2) is 9.48 Å². The number of urea groups is 1. The molecule has 0 aliphatic carbocycles. The Morgan fingerprint density at radius 2 is 2.20 bits per heavy atom. The summed E-state index contributed by atoms with van der Waals surface area (Å²) in [4.78, 5) is 16.8. The first kappa shape index (κ1) is 15.9. The number of hydrogen-bond donors (Lipinski definition) is 1. The Hall–Kier alpha value is -2.56. The van der Waals surface area contributed by atoms with Crippen LogP contribution in [0.2, 0.25) is 5.02 Å². The molecule has 1 aromatic carbocycles. The summed E-state index contributed by atoms with van der Waals surface area (Å²) in [5.74, 6) is 0.478. The molecule has 8 heteroatoms. The molecular formula is C17H17ClN6O. The van der Waals surface area contributed by atoms with E-state index in [2.05, 4.69) is 15.3 Å². The monoisotopic (exact) mass is 356 g/mol. The molecule has 2 fully saturated rings. The van der Waals surface area contributed by atoms with Gasteiger partial charge >= 0.3 is 6.03 Å². The minimum Gasteiger partial charge on any atom is -0.319 e. The first-order valence-electron chi connectivity index (χ1n) is 8.20. The number of nitriles is 1. The van der Waals surface area contributed by atoms with Crippen molar-refractivity contribution >= 4 is 23.4 Å². The zero-order chi connectivity index (χ0) is 17.4. The second-order valence-corrected chi connectivity index (χ2v) is 6.70. The van der Waals surface area contributed by atoms with Gasteiger partial charge in [-0.05, 0) is 24.6 Å². The topological polar surface area (TPSA) is 77.2 Å². The average molecular weight is 357 g/mol. The van der Waals surface area contributed by atoms with E-state index in [1.54, 1.807) is 35.1 Å². The van der Waals surface area contributed by atoms with Crippen molar-refractivity contribution in [1.29, 1.82) is 5.26 Å². The van der Waals surface area contributed by atoms with Crippen molar-refractivity contribution < 1.29 is 4.79 Å². The van der Waals surface area contributed by atoms with Crippen molar-refractivity contribution in [3.63, 3.8) is 0 Å². The van der Waals surface area contributed by atoms with Crippen molar-refractivity contribution in [3.8, 4) is 11.8 Å². The number of amides is 2. The number of anilines is 1. The third-order valence-electron chi connectivity index (χ3n) is 4.75. The van der Waals surface area contributed by atoms with Crippen LogP contribution >= 0.6 is 11.6 Å². The van der Waals surface area contributed by atoms with Crippen LogP contribution in [0.25, 0.3) is 5.69 Å². The molecule has 2 atom stereocenters. The van der Waals surface area contributed by atoms with E-state index in [4.69, 9.17) is 16.9 Å². The van der Waals surface area contributed by atoms with Crippen LogP contribution in [-0.2, 0) is 0 Å². The summed E-state index contributed by atoms with van der Waals surface area (Å²) in [5.41, 5.74) is 1.15. The first-order valence-corrected chi connectivity index (χ1v) is 8.57. The Bertz CT molecular complexity index is 857. The third kappa shape index (κ3) is 3.06.